The number of rotatable bonds is 1. The number of benzene rings is 2. The van der Waals surface area contributed by atoms with Crippen LogP contribution in [0.1, 0.15) is 12.8 Å². The van der Waals surface area contributed by atoms with Crippen LogP contribution in [-0.2, 0) is 14.2 Å². The summed E-state index contributed by atoms with van der Waals surface area (Å²) < 4.78 is 29.6. The zero-order valence-corrected chi connectivity index (χ0v) is 20.2. The molecule has 2 aromatic carbocycles. The van der Waals surface area contributed by atoms with Crippen molar-refractivity contribution >= 4 is 17.3 Å². The summed E-state index contributed by atoms with van der Waals surface area (Å²) in [4.78, 5) is 11.5. The highest BCUT2D eigenvalue weighted by atomic mass is 16.7. The number of hydrogen-bond donors (Lipinski definition) is 1. The van der Waals surface area contributed by atoms with E-state index in [2.05, 4.69) is 21.3 Å². The van der Waals surface area contributed by atoms with E-state index < -0.39 is 5.79 Å². The number of anilines is 3. The van der Waals surface area contributed by atoms with Crippen molar-refractivity contribution in [3.05, 3.63) is 54.7 Å². The maximum absolute atomic E-state index is 6.22. The lowest BCUT2D eigenvalue weighted by atomic mass is 10.0. The normalized spacial score (nSPS) is 19.6. The van der Waals surface area contributed by atoms with Gasteiger partial charge in [-0.1, -0.05) is 12.1 Å². The molecule has 1 aromatic heterocycles. The van der Waals surface area contributed by atoms with Crippen molar-refractivity contribution in [2.24, 2.45) is 0 Å². The van der Waals surface area contributed by atoms with Crippen molar-refractivity contribution in [2.45, 2.75) is 18.6 Å². The zero-order chi connectivity index (χ0) is 24.2. The molecule has 3 aromatic rings. The highest BCUT2D eigenvalue weighted by Crippen LogP contribution is 2.38. The third-order valence-corrected chi connectivity index (χ3v) is 6.66. The molecular weight excluding hydrogens is 460 g/mol. The molecule has 9 nitrogen and oxygen atoms in total. The molecule has 1 N–H and O–H groups in total. The van der Waals surface area contributed by atoms with E-state index in [1.165, 1.54) is 0 Å². The first-order valence-electron chi connectivity index (χ1n) is 12.5. The lowest BCUT2D eigenvalue weighted by Gasteiger charge is -2.39. The summed E-state index contributed by atoms with van der Waals surface area (Å²) in [6.07, 6.45) is 3.41. The highest BCUT2D eigenvalue weighted by molar-refractivity contribution is 5.68. The molecule has 6 rings (SSSR count). The van der Waals surface area contributed by atoms with E-state index in [0.29, 0.717) is 45.6 Å². The smallest absolute Gasteiger partial charge is 0.227 e. The van der Waals surface area contributed by atoms with E-state index in [0.717, 1.165) is 60.1 Å². The minimum absolute atomic E-state index is 0.417. The van der Waals surface area contributed by atoms with Crippen LogP contribution < -0.4 is 19.7 Å². The summed E-state index contributed by atoms with van der Waals surface area (Å²) in [6, 6.07) is 15.9. The number of nitrogens with one attached hydrogen (secondary N) is 1. The zero-order valence-electron chi connectivity index (χ0n) is 20.2. The summed E-state index contributed by atoms with van der Waals surface area (Å²) in [5, 5.41) is 3.33. The molecule has 36 heavy (non-hydrogen) atoms. The molecule has 3 aliphatic heterocycles. The second-order valence-electron chi connectivity index (χ2n) is 9.00. The van der Waals surface area contributed by atoms with Crippen molar-refractivity contribution in [3.63, 3.8) is 0 Å². The van der Waals surface area contributed by atoms with Gasteiger partial charge in [0.2, 0.25) is 5.95 Å². The molecule has 0 saturated carbocycles. The maximum atomic E-state index is 6.22. The van der Waals surface area contributed by atoms with Crippen LogP contribution in [-0.4, -0.2) is 68.5 Å². The van der Waals surface area contributed by atoms with Crippen LogP contribution in [0, 0.1) is 0 Å². The second kappa shape index (κ2) is 10.3. The first kappa shape index (κ1) is 23.0. The molecule has 0 amide bonds. The fourth-order valence-corrected chi connectivity index (χ4v) is 4.83. The quantitative estimate of drug-likeness (QED) is 0.543. The van der Waals surface area contributed by atoms with Gasteiger partial charge in [-0.2, -0.15) is 0 Å². The van der Waals surface area contributed by atoms with Gasteiger partial charge in [0.15, 0.2) is 5.79 Å². The molecule has 0 unspecified atom stereocenters. The van der Waals surface area contributed by atoms with Crippen LogP contribution in [0.5, 0.6) is 11.5 Å². The van der Waals surface area contributed by atoms with Crippen LogP contribution in [0.3, 0.4) is 0 Å². The molecule has 0 aliphatic carbocycles. The summed E-state index contributed by atoms with van der Waals surface area (Å²) in [5.41, 5.74) is 3.66. The Hall–Kier alpha value is -3.40. The van der Waals surface area contributed by atoms with Crippen molar-refractivity contribution in [3.8, 4) is 22.8 Å². The lowest BCUT2D eigenvalue weighted by Crippen LogP contribution is -2.45. The summed E-state index contributed by atoms with van der Waals surface area (Å²) in [6.45, 7) is 4.86. The number of nitrogens with zero attached hydrogens (tertiary/aromatic N) is 3. The van der Waals surface area contributed by atoms with Gasteiger partial charge in [-0.3, -0.25) is 0 Å². The van der Waals surface area contributed by atoms with Gasteiger partial charge >= 0.3 is 0 Å². The molecule has 3 aliphatic rings. The van der Waals surface area contributed by atoms with Gasteiger partial charge in [0.1, 0.15) is 24.7 Å². The van der Waals surface area contributed by atoms with E-state index in [1.54, 1.807) is 6.20 Å². The van der Waals surface area contributed by atoms with E-state index in [9.17, 15) is 0 Å². The Balaban J connectivity index is 1.26. The van der Waals surface area contributed by atoms with Crippen molar-refractivity contribution in [1.29, 1.82) is 0 Å². The Morgan fingerprint density at radius 1 is 0.833 bits per heavy atom. The predicted molar refractivity (Wildman–Crippen MR) is 135 cm³/mol. The van der Waals surface area contributed by atoms with E-state index in [1.807, 2.05) is 42.5 Å². The molecule has 4 heterocycles. The van der Waals surface area contributed by atoms with E-state index in [4.69, 9.17) is 28.7 Å². The van der Waals surface area contributed by atoms with Gasteiger partial charge in [0.25, 0.3) is 0 Å². The molecule has 2 saturated heterocycles. The molecule has 9 heteroatoms. The summed E-state index contributed by atoms with van der Waals surface area (Å²) in [7, 11) is 0. The van der Waals surface area contributed by atoms with Gasteiger partial charge in [-0.25, -0.2) is 9.97 Å². The third-order valence-electron chi connectivity index (χ3n) is 6.66. The largest absolute Gasteiger partial charge is 0.491 e. The Kier molecular flexibility index (Phi) is 6.59. The van der Waals surface area contributed by atoms with Gasteiger partial charge in [-0.15, -0.1) is 0 Å². The third kappa shape index (κ3) is 5.09. The van der Waals surface area contributed by atoms with Gasteiger partial charge in [0, 0.05) is 49.4 Å². The highest BCUT2D eigenvalue weighted by Gasteiger charge is 2.40. The van der Waals surface area contributed by atoms with Crippen molar-refractivity contribution in [1.82, 2.24) is 9.97 Å². The van der Waals surface area contributed by atoms with E-state index in [-0.39, 0.29) is 0 Å². The molecule has 0 radical (unpaired) electrons. The molecular formula is C27H30N4O5. The molecule has 6 bridgehead atoms. The lowest BCUT2D eigenvalue weighted by molar-refractivity contribution is -0.169. The average molecular weight is 491 g/mol. The number of aromatic nitrogens is 2. The Labute approximate surface area is 210 Å². The topological polar surface area (TPSA) is 87.2 Å². The van der Waals surface area contributed by atoms with Crippen molar-refractivity contribution in [2.75, 3.05) is 62.9 Å². The fourth-order valence-electron chi connectivity index (χ4n) is 4.83. The summed E-state index contributed by atoms with van der Waals surface area (Å²) in [5.74, 6) is 1.66. The number of ether oxygens (including phenoxy) is 5. The number of hydrogen-bond acceptors (Lipinski definition) is 9. The second-order valence-corrected chi connectivity index (χ2v) is 9.00. The SMILES string of the molecule is c1cc2cc(c1)-c1ccnc(n1)Nc1ccc(N3CCC4(CC3)OCCO4)c(c1)OCCOCCO2. The van der Waals surface area contributed by atoms with Crippen LogP contribution in [0.25, 0.3) is 11.3 Å². The van der Waals surface area contributed by atoms with Crippen LogP contribution >= 0.6 is 0 Å². The van der Waals surface area contributed by atoms with Gasteiger partial charge in [-0.05, 0) is 30.3 Å². The first-order chi connectivity index (χ1) is 17.8. The maximum Gasteiger partial charge on any atom is 0.227 e. The molecule has 0 atom stereocenters. The first-order valence-corrected chi connectivity index (χ1v) is 12.5. The monoisotopic (exact) mass is 490 g/mol. The van der Waals surface area contributed by atoms with Crippen LogP contribution in [0.2, 0.25) is 0 Å². The fraction of sp³-hybridized carbons (Fsp3) is 0.407. The van der Waals surface area contributed by atoms with Crippen LogP contribution in [0.4, 0.5) is 17.3 Å². The Morgan fingerprint density at radius 2 is 1.67 bits per heavy atom. The molecule has 2 fully saturated rings. The standard InChI is InChI=1S/C27H30N4O5/c1-2-20-18-22(3-1)33-14-12-32-13-15-34-25-19-21(29-26-28-9-6-23(20)30-26)4-5-24(25)31-10-7-27(8-11-31)35-16-17-36-27/h1-6,9,18-19H,7-8,10-17H2,(H,28,29,30). The van der Waals surface area contributed by atoms with Gasteiger partial charge in [0.05, 0.1) is 37.8 Å². The summed E-state index contributed by atoms with van der Waals surface area (Å²) >= 11 is 0. The predicted octanol–water partition coefficient (Wildman–Crippen LogP) is 4.02. The Bertz CT molecular complexity index is 1190. The number of piperidine rings is 1. The minimum Gasteiger partial charge on any atom is -0.491 e. The average Bonchev–Trinajstić information content (AvgIpc) is 3.37. The van der Waals surface area contributed by atoms with E-state index >= 15 is 0 Å². The minimum atomic E-state index is -0.417. The number of fused-ring (bicyclic) bond motifs is 7. The van der Waals surface area contributed by atoms with Crippen LogP contribution in [0.15, 0.2) is 54.7 Å². The van der Waals surface area contributed by atoms with Crippen molar-refractivity contribution < 1.29 is 23.7 Å². The molecule has 1 spiro atoms. The molecule has 188 valence electrons. The Morgan fingerprint density at radius 3 is 2.53 bits per heavy atom. The van der Waals surface area contributed by atoms with Gasteiger partial charge < -0.3 is 33.9 Å².